The number of aromatic nitrogens is 4. The molecule has 10 nitrogen and oxygen atoms in total. The van der Waals surface area contributed by atoms with Crippen LogP contribution in [0.15, 0.2) is 125 Å². The Balaban J connectivity index is 1.19. The van der Waals surface area contributed by atoms with Crippen LogP contribution >= 0.6 is 23.1 Å². The summed E-state index contributed by atoms with van der Waals surface area (Å²) in [5.41, 5.74) is 3.94. The first-order chi connectivity index (χ1) is 25.4. The van der Waals surface area contributed by atoms with Gasteiger partial charge in [-0.3, -0.25) is 18.9 Å². The second-order valence-electron chi connectivity index (χ2n) is 12.1. The summed E-state index contributed by atoms with van der Waals surface area (Å²) in [5.74, 6) is -0.519. The lowest BCUT2D eigenvalue weighted by Gasteiger charge is -2.23. The lowest BCUT2D eigenvalue weighted by atomic mass is 9.96. The van der Waals surface area contributed by atoms with Gasteiger partial charge in [-0.2, -0.15) is 0 Å². The number of carbonyl (C=O) groups is 2. The van der Waals surface area contributed by atoms with E-state index in [-0.39, 0.29) is 16.5 Å². The Hall–Kier alpha value is -5.98. The molecule has 1 unspecified atom stereocenters. The number of rotatable bonds is 10. The molecule has 258 valence electrons. The number of pyridine rings is 1. The zero-order valence-corrected chi connectivity index (χ0v) is 29.7. The monoisotopic (exact) mass is 725 g/mol. The number of ketones is 1. The summed E-state index contributed by atoms with van der Waals surface area (Å²) in [4.78, 5) is 33.9. The third-order valence-corrected chi connectivity index (χ3v) is 11.1. The van der Waals surface area contributed by atoms with Crippen molar-refractivity contribution >= 4 is 62.1 Å². The van der Waals surface area contributed by atoms with Gasteiger partial charge in [0.1, 0.15) is 17.9 Å². The molecule has 1 atom stereocenters. The maximum atomic E-state index is 14.0. The van der Waals surface area contributed by atoms with Crippen LogP contribution in [0.4, 0.5) is 5.13 Å². The minimum atomic E-state index is -1.06. The number of hydrogen-bond donors (Lipinski definition) is 1. The average Bonchev–Trinajstić information content (AvgIpc) is 3.86. The fourth-order valence-electron chi connectivity index (χ4n) is 6.50. The van der Waals surface area contributed by atoms with Crippen molar-refractivity contribution < 1.29 is 24.2 Å². The molecule has 7 aromatic rings. The van der Waals surface area contributed by atoms with E-state index in [4.69, 9.17) is 9.47 Å². The van der Waals surface area contributed by atoms with Gasteiger partial charge in [-0.15, -0.1) is 10.2 Å². The van der Waals surface area contributed by atoms with E-state index in [1.807, 2.05) is 54.6 Å². The molecule has 1 fully saturated rings. The van der Waals surface area contributed by atoms with Crippen molar-refractivity contribution in [3.8, 4) is 11.5 Å². The number of methoxy groups -OCH3 is 1. The predicted molar refractivity (Wildman–Crippen MR) is 202 cm³/mol. The van der Waals surface area contributed by atoms with Crippen LogP contribution in [0.2, 0.25) is 0 Å². The van der Waals surface area contributed by atoms with Gasteiger partial charge in [0, 0.05) is 11.9 Å². The molecule has 52 heavy (non-hydrogen) atoms. The number of anilines is 1. The van der Waals surface area contributed by atoms with Gasteiger partial charge in [0.25, 0.3) is 5.78 Å². The van der Waals surface area contributed by atoms with E-state index in [9.17, 15) is 14.7 Å². The van der Waals surface area contributed by atoms with Crippen LogP contribution in [0.5, 0.6) is 11.5 Å². The molecule has 0 radical (unpaired) electrons. The van der Waals surface area contributed by atoms with Gasteiger partial charge < -0.3 is 14.6 Å². The van der Waals surface area contributed by atoms with Crippen molar-refractivity contribution in [1.82, 2.24) is 19.6 Å². The normalized spacial score (nSPS) is 15.5. The Morgan fingerprint density at radius 1 is 0.904 bits per heavy atom. The first kappa shape index (κ1) is 33.2. The SMILES string of the molecule is COc1cc(C2C(=C(O)c3c(C)nc4ccccn34)C(=O)C(=O)N2c2nnc(SCc3cccc4ccccc34)s2)ccc1OCc1ccccc1. The number of hydrogen-bond acceptors (Lipinski definition) is 10. The van der Waals surface area contributed by atoms with Crippen molar-refractivity contribution in [3.05, 3.63) is 149 Å². The average molecular weight is 726 g/mol. The second-order valence-corrected chi connectivity index (χ2v) is 14.3. The number of aliphatic hydroxyl groups is 1. The molecule has 0 aliphatic carbocycles. The van der Waals surface area contributed by atoms with Crippen LogP contribution in [0.3, 0.4) is 0 Å². The molecule has 4 heterocycles. The van der Waals surface area contributed by atoms with Crippen LogP contribution in [0, 0.1) is 6.92 Å². The Labute approximate surface area is 307 Å². The molecular weight excluding hydrogens is 695 g/mol. The zero-order valence-electron chi connectivity index (χ0n) is 28.1. The molecule has 1 aliphatic rings. The van der Waals surface area contributed by atoms with Gasteiger partial charge in [0.15, 0.2) is 21.6 Å². The van der Waals surface area contributed by atoms with Crippen molar-refractivity contribution in [2.24, 2.45) is 0 Å². The quantitative estimate of drug-likeness (QED) is 0.0490. The number of ether oxygens (including phenoxy) is 2. The minimum Gasteiger partial charge on any atom is -0.505 e. The highest BCUT2D eigenvalue weighted by Gasteiger charge is 2.49. The topological polar surface area (TPSA) is 119 Å². The molecule has 1 aliphatic heterocycles. The highest BCUT2D eigenvalue weighted by Crippen LogP contribution is 2.46. The number of thioether (sulfide) groups is 1. The lowest BCUT2D eigenvalue weighted by molar-refractivity contribution is -0.132. The van der Waals surface area contributed by atoms with Gasteiger partial charge in [-0.25, -0.2) is 4.98 Å². The van der Waals surface area contributed by atoms with E-state index in [2.05, 4.69) is 39.4 Å². The van der Waals surface area contributed by atoms with Gasteiger partial charge in [-0.1, -0.05) is 108 Å². The first-order valence-electron chi connectivity index (χ1n) is 16.4. The van der Waals surface area contributed by atoms with Crippen LogP contribution in [-0.4, -0.2) is 43.5 Å². The number of carbonyl (C=O) groups excluding carboxylic acids is 2. The standard InChI is InChI=1S/C40H31N5O5S2/c1-24-34(44-20-9-8-17-32(44)41-24)36(46)33-35(27-18-19-30(31(21-27)49-2)50-22-25-11-4-3-5-12-25)45(38(48)37(33)47)39-42-43-40(52-39)51-23-28-15-10-14-26-13-6-7-16-29(26)28/h3-21,35,46H,22-23H2,1-2H3. The molecule has 1 saturated heterocycles. The summed E-state index contributed by atoms with van der Waals surface area (Å²) in [6.45, 7) is 2.06. The molecule has 0 saturated carbocycles. The van der Waals surface area contributed by atoms with Crippen LogP contribution in [-0.2, 0) is 21.9 Å². The van der Waals surface area contributed by atoms with Gasteiger partial charge in [-0.05, 0) is 58.7 Å². The maximum Gasteiger partial charge on any atom is 0.301 e. The van der Waals surface area contributed by atoms with E-state index >= 15 is 0 Å². The first-order valence-corrected chi connectivity index (χ1v) is 18.2. The summed E-state index contributed by atoms with van der Waals surface area (Å²) >= 11 is 2.71. The third-order valence-electron chi connectivity index (χ3n) is 8.95. The van der Waals surface area contributed by atoms with Crippen molar-refractivity contribution in [2.45, 2.75) is 29.7 Å². The van der Waals surface area contributed by atoms with Crippen molar-refractivity contribution in [3.63, 3.8) is 0 Å². The zero-order chi connectivity index (χ0) is 35.8. The highest BCUT2D eigenvalue weighted by molar-refractivity contribution is 8.00. The number of benzene rings is 4. The highest BCUT2D eigenvalue weighted by atomic mass is 32.2. The Morgan fingerprint density at radius 3 is 2.54 bits per heavy atom. The predicted octanol–water partition coefficient (Wildman–Crippen LogP) is 8.15. The molecule has 1 amide bonds. The summed E-state index contributed by atoms with van der Waals surface area (Å²) < 4.78 is 14.2. The fraction of sp³-hybridized carbons (Fsp3) is 0.125. The smallest absolute Gasteiger partial charge is 0.301 e. The molecule has 8 rings (SSSR count). The summed E-state index contributed by atoms with van der Waals surface area (Å²) in [7, 11) is 1.53. The van der Waals surface area contributed by atoms with Crippen LogP contribution in [0.25, 0.3) is 22.2 Å². The third kappa shape index (κ3) is 6.05. The molecule has 0 spiro atoms. The summed E-state index contributed by atoms with van der Waals surface area (Å²) in [5, 5.41) is 23.3. The number of aliphatic hydroxyl groups excluding tert-OH is 1. The van der Waals surface area contributed by atoms with Gasteiger partial charge >= 0.3 is 5.91 Å². The fourth-order valence-corrected chi connectivity index (χ4v) is 8.37. The van der Waals surface area contributed by atoms with Gasteiger partial charge in [0.05, 0.1) is 24.4 Å². The van der Waals surface area contributed by atoms with Crippen LogP contribution < -0.4 is 14.4 Å². The molecule has 4 aromatic carbocycles. The minimum absolute atomic E-state index is 0.0982. The molecular formula is C40H31N5O5S2. The largest absolute Gasteiger partial charge is 0.505 e. The van der Waals surface area contributed by atoms with Crippen molar-refractivity contribution in [1.29, 1.82) is 0 Å². The molecule has 3 aromatic heterocycles. The Morgan fingerprint density at radius 2 is 1.69 bits per heavy atom. The Bertz CT molecular complexity index is 2510. The number of imidazole rings is 1. The van der Waals surface area contributed by atoms with E-state index < -0.39 is 17.7 Å². The lowest BCUT2D eigenvalue weighted by Crippen LogP contribution is -2.29. The van der Waals surface area contributed by atoms with E-state index in [0.29, 0.717) is 50.8 Å². The van der Waals surface area contributed by atoms with Gasteiger partial charge in [0.2, 0.25) is 5.13 Å². The molecule has 12 heteroatoms. The molecule has 0 bridgehead atoms. The summed E-state index contributed by atoms with van der Waals surface area (Å²) in [6.07, 6.45) is 1.75. The van der Waals surface area contributed by atoms with E-state index in [1.165, 1.54) is 35.1 Å². The van der Waals surface area contributed by atoms with Crippen molar-refractivity contribution in [2.75, 3.05) is 12.0 Å². The number of Topliss-reactive ketones (excluding diaryl/α,β-unsaturated/α-hetero) is 1. The maximum absolute atomic E-state index is 14.0. The number of aryl methyl sites for hydroxylation is 1. The number of nitrogens with zero attached hydrogens (tertiary/aromatic N) is 5. The second kappa shape index (κ2) is 14.0. The van der Waals surface area contributed by atoms with E-state index in [0.717, 1.165) is 21.9 Å². The number of fused-ring (bicyclic) bond motifs is 2. The number of amides is 1. The van der Waals surface area contributed by atoms with E-state index in [1.54, 1.807) is 47.9 Å². The summed E-state index contributed by atoms with van der Waals surface area (Å²) in [6, 6.07) is 33.7. The molecule has 1 N–H and O–H groups in total. The Kier molecular flexibility index (Phi) is 8.91. The van der Waals surface area contributed by atoms with Crippen LogP contribution in [0.1, 0.15) is 34.1 Å².